The first kappa shape index (κ1) is 16.1. The second-order valence-electron chi connectivity index (χ2n) is 5.08. The summed E-state index contributed by atoms with van der Waals surface area (Å²) in [4.78, 5) is 4.47. The first-order valence-electron chi connectivity index (χ1n) is 7.82. The highest BCUT2D eigenvalue weighted by Gasteiger charge is 2.08. The van der Waals surface area contributed by atoms with Crippen LogP contribution in [0.2, 0.25) is 0 Å². The number of benzene rings is 1. The molecule has 1 N–H and O–H groups in total. The Bertz CT molecular complexity index is 599. The molecule has 1 heterocycles. The molecule has 0 fully saturated rings. The van der Waals surface area contributed by atoms with Crippen LogP contribution in [0.1, 0.15) is 32.3 Å². The Labute approximate surface area is 132 Å². The maximum absolute atomic E-state index is 5.87. The number of nitrogens with one attached hydrogen (secondary N) is 1. The molecule has 0 atom stereocenters. The van der Waals surface area contributed by atoms with Crippen LogP contribution in [-0.4, -0.2) is 18.6 Å². The molecule has 0 spiro atoms. The van der Waals surface area contributed by atoms with Gasteiger partial charge in [-0.3, -0.25) is 0 Å². The molecule has 0 saturated heterocycles. The number of aryl methyl sites for hydroxylation is 1. The van der Waals surface area contributed by atoms with Gasteiger partial charge < -0.3 is 14.8 Å². The van der Waals surface area contributed by atoms with E-state index in [1.54, 1.807) is 7.11 Å². The van der Waals surface area contributed by atoms with E-state index >= 15 is 0 Å². The fraction of sp³-hybridized carbons (Fsp3) is 0.389. The molecule has 0 radical (unpaired) electrons. The summed E-state index contributed by atoms with van der Waals surface area (Å²) in [5, 5.41) is 3.30. The van der Waals surface area contributed by atoms with Gasteiger partial charge in [0, 0.05) is 12.6 Å². The molecule has 4 nitrogen and oxygen atoms in total. The molecule has 1 aromatic heterocycles. The van der Waals surface area contributed by atoms with Gasteiger partial charge in [0.1, 0.15) is 5.82 Å². The van der Waals surface area contributed by atoms with Crippen molar-refractivity contribution in [2.24, 2.45) is 0 Å². The maximum Gasteiger partial charge on any atom is 0.221 e. The average Bonchev–Trinajstić information content (AvgIpc) is 2.56. The van der Waals surface area contributed by atoms with Gasteiger partial charge in [-0.2, -0.15) is 4.98 Å². The van der Waals surface area contributed by atoms with Crippen molar-refractivity contribution in [3.8, 4) is 17.4 Å². The van der Waals surface area contributed by atoms with Gasteiger partial charge in [0.25, 0.3) is 0 Å². The second-order valence-corrected chi connectivity index (χ2v) is 5.08. The zero-order valence-corrected chi connectivity index (χ0v) is 13.6. The Morgan fingerprint density at radius 3 is 2.68 bits per heavy atom. The molecule has 118 valence electrons. The summed E-state index contributed by atoms with van der Waals surface area (Å²) in [6, 6.07) is 11.7. The molecule has 2 rings (SSSR count). The molecule has 0 aliphatic rings. The fourth-order valence-electron chi connectivity index (χ4n) is 2.09. The van der Waals surface area contributed by atoms with Gasteiger partial charge in [-0.05, 0) is 36.6 Å². The van der Waals surface area contributed by atoms with Crippen LogP contribution in [-0.2, 0) is 6.42 Å². The minimum absolute atomic E-state index is 0.559. The first-order valence-corrected chi connectivity index (χ1v) is 7.82. The predicted octanol–water partition coefficient (Wildman–Crippen LogP) is 4.66. The lowest BCUT2D eigenvalue weighted by molar-refractivity contribution is 0.374. The lowest BCUT2D eigenvalue weighted by Gasteiger charge is -2.12. The summed E-state index contributed by atoms with van der Waals surface area (Å²) in [5.74, 6) is 2.79. The first-order chi connectivity index (χ1) is 10.8. The topological polar surface area (TPSA) is 43.4 Å². The molecule has 0 bridgehead atoms. The zero-order chi connectivity index (χ0) is 15.8. The maximum atomic E-state index is 5.87. The predicted molar refractivity (Wildman–Crippen MR) is 90.1 cm³/mol. The van der Waals surface area contributed by atoms with Gasteiger partial charge in [-0.15, -0.1) is 0 Å². The Balaban J connectivity index is 2.11. The Morgan fingerprint density at radius 1 is 1.09 bits per heavy atom. The number of nitrogens with zero attached hydrogens (tertiary/aromatic N) is 1. The van der Waals surface area contributed by atoms with Crippen LogP contribution in [0.3, 0.4) is 0 Å². The van der Waals surface area contributed by atoms with Crippen molar-refractivity contribution in [3.05, 3.63) is 42.0 Å². The van der Waals surface area contributed by atoms with Crippen LogP contribution < -0.4 is 14.8 Å². The van der Waals surface area contributed by atoms with Gasteiger partial charge in [0.05, 0.1) is 7.11 Å². The fourth-order valence-corrected chi connectivity index (χ4v) is 2.09. The summed E-state index contributed by atoms with van der Waals surface area (Å²) < 4.78 is 11.3. The largest absolute Gasteiger partial charge is 0.493 e. The number of anilines is 1. The second kappa shape index (κ2) is 8.27. The number of pyridine rings is 1. The van der Waals surface area contributed by atoms with Crippen LogP contribution >= 0.6 is 0 Å². The van der Waals surface area contributed by atoms with Crippen molar-refractivity contribution >= 4 is 5.82 Å². The van der Waals surface area contributed by atoms with Gasteiger partial charge >= 0.3 is 0 Å². The zero-order valence-electron chi connectivity index (χ0n) is 13.6. The van der Waals surface area contributed by atoms with E-state index in [1.807, 2.05) is 36.4 Å². The number of aromatic nitrogens is 1. The van der Waals surface area contributed by atoms with E-state index in [0.717, 1.165) is 37.4 Å². The Hall–Kier alpha value is -2.23. The van der Waals surface area contributed by atoms with Gasteiger partial charge in [0.2, 0.25) is 5.88 Å². The highest BCUT2D eigenvalue weighted by atomic mass is 16.5. The van der Waals surface area contributed by atoms with Crippen LogP contribution in [0.15, 0.2) is 36.4 Å². The monoisotopic (exact) mass is 300 g/mol. The van der Waals surface area contributed by atoms with Crippen molar-refractivity contribution in [1.29, 1.82) is 0 Å². The summed E-state index contributed by atoms with van der Waals surface area (Å²) in [6.45, 7) is 5.20. The van der Waals surface area contributed by atoms with E-state index in [2.05, 4.69) is 24.1 Å². The number of rotatable bonds is 8. The third kappa shape index (κ3) is 4.38. The van der Waals surface area contributed by atoms with Crippen LogP contribution in [0.5, 0.6) is 17.4 Å². The molecule has 0 aliphatic heterocycles. The molecule has 0 saturated carbocycles. The molecule has 22 heavy (non-hydrogen) atoms. The van der Waals surface area contributed by atoms with Gasteiger partial charge in [-0.25, -0.2) is 0 Å². The highest BCUT2D eigenvalue weighted by molar-refractivity contribution is 5.45. The molecule has 0 unspecified atom stereocenters. The minimum atomic E-state index is 0.559. The number of methoxy groups -OCH3 is 1. The van der Waals surface area contributed by atoms with Crippen LogP contribution in [0.25, 0.3) is 0 Å². The summed E-state index contributed by atoms with van der Waals surface area (Å²) in [5.41, 5.74) is 1.21. The standard InChI is InChI=1S/C18H24N2O2/c1-4-6-12-19-17-8-7-9-18(20-17)22-15-11-10-14(5-2)13-16(15)21-3/h7-11,13H,4-6,12H2,1-3H3,(H,19,20). The van der Waals surface area contributed by atoms with E-state index < -0.39 is 0 Å². The van der Waals surface area contributed by atoms with Gasteiger partial charge in [0.15, 0.2) is 11.5 Å². The summed E-state index contributed by atoms with van der Waals surface area (Å²) in [7, 11) is 1.65. The van der Waals surface area contributed by atoms with Crippen molar-refractivity contribution in [2.75, 3.05) is 19.0 Å². The van der Waals surface area contributed by atoms with E-state index in [0.29, 0.717) is 11.6 Å². The van der Waals surface area contributed by atoms with Crippen molar-refractivity contribution < 1.29 is 9.47 Å². The lowest BCUT2D eigenvalue weighted by Crippen LogP contribution is -2.03. The lowest BCUT2D eigenvalue weighted by atomic mass is 10.1. The highest BCUT2D eigenvalue weighted by Crippen LogP contribution is 2.32. The average molecular weight is 300 g/mol. The SMILES string of the molecule is CCCCNc1cccc(Oc2ccc(CC)cc2OC)n1. The van der Waals surface area contributed by atoms with Gasteiger partial charge in [-0.1, -0.05) is 32.4 Å². The summed E-state index contributed by atoms with van der Waals surface area (Å²) >= 11 is 0. The van der Waals surface area contributed by atoms with Crippen molar-refractivity contribution in [2.45, 2.75) is 33.1 Å². The normalized spacial score (nSPS) is 10.3. The molecule has 0 aliphatic carbocycles. The number of ether oxygens (including phenoxy) is 2. The summed E-state index contributed by atoms with van der Waals surface area (Å²) in [6.07, 6.45) is 3.24. The Kier molecular flexibility index (Phi) is 6.07. The quantitative estimate of drug-likeness (QED) is 0.720. The smallest absolute Gasteiger partial charge is 0.221 e. The van der Waals surface area contributed by atoms with Crippen molar-refractivity contribution in [3.63, 3.8) is 0 Å². The number of unbranched alkanes of at least 4 members (excludes halogenated alkanes) is 1. The molecule has 1 aromatic carbocycles. The third-order valence-corrected chi connectivity index (χ3v) is 3.41. The number of hydrogen-bond donors (Lipinski definition) is 1. The van der Waals surface area contributed by atoms with E-state index in [4.69, 9.17) is 9.47 Å². The third-order valence-electron chi connectivity index (χ3n) is 3.41. The van der Waals surface area contributed by atoms with E-state index in [9.17, 15) is 0 Å². The molecule has 0 amide bonds. The van der Waals surface area contributed by atoms with E-state index in [-0.39, 0.29) is 0 Å². The minimum Gasteiger partial charge on any atom is -0.493 e. The van der Waals surface area contributed by atoms with Crippen LogP contribution in [0.4, 0.5) is 5.82 Å². The molecule has 4 heteroatoms. The van der Waals surface area contributed by atoms with Crippen LogP contribution in [0, 0.1) is 0 Å². The number of hydrogen-bond acceptors (Lipinski definition) is 4. The molecule has 2 aromatic rings. The Morgan fingerprint density at radius 2 is 1.95 bits per heavy atom. The van der Waals surface area contributed by atoms with E-state index in [1.165, 1.54) is 5.56 Å². The molecular weight excluding hydrogens is 276 g/mol. The van der Waals surface area contributed by atoms with Crippen molar-refractivity contribution in [1.82, 2.24) is 4.98 Å². The molecular formula is C18H24N2O2.